The summed E-state index contributed by atoms with van der Waals surface area (Å²) in [5.74, 6) is 4.00. The number of hydrogen-bond donors (Lipinski definition) is 2. The van der Waals surface area contributed by atoms with E-state index in [4.69, 9.17) is 5.73 Å². The molecular weight excluding hydrogens is 222 g/mol. The molecule has 92 valence electrons. The standard InChI is InChI=1S/C13H16F2N2/c1-2-3-4-7-17-13(9-16)10-5-6-11(14)12(15)8-10/h5-6,8,13,17H,4,7,9,16H2,1H3. The Morgan fingerprint density at radius 1 is 1.35 bits per heavy atom. The van der Waals surface area contributed by atoms with Crippen molar-refractivity contribution in [2.45, 2.75) is 19.4 Å². The number of hydrogen-bond acceptors (Lipinski definition) is 2. The first-order valence-electron chi connectivity index (χ1n) is 5.47. The van der Waals surface area contributed by atoms with Gasteiger partial charge in [0, 0.05) is 25.6 Å². The third kappa shape index (κ3) is 4.14. The van der Waals surface area contributed by atoms with Crippen molar-refractivity contribution in [3.63, 3.8) is 0 Å². The molecule has 2 nitrogen and oxygen atoms in total. The van der Waals surface area contributed by atoms with Gasteiger partial charge in [0.05, 0.1) is 0 Å². The second-order valence-electron chi connectivity index (χ2n) is 3.59. The van der Waals surface area contributed by atoms with E-state index in [1.165, 1.54) is 12.1 Å². The summed E-state index contributed by atoms with van der Waals surface area (Å²) < 4.78 is 25.8. The molecule has 0 aliphatic rings. The fourth-order valence-electron chi connectivity index (χ4n) is 1.50. The molecule has 1 aromatic rings. The molecule has 1 unspecified atom stereocenters. The van der Waals surface area contributed by atoms with Gasteiger partial charge in [-0.3, -0.25) is 0 Å². The van der Waals surface area contributed by atoms with Gasteiger partial charge in [0.25, 0.3) is 0 Å². The van der Waals surface area contributed by atoms with Crippen molar-refractivity contribution in [1.82, 2.24) is 5.32 Å². The van der Waals surface area contributed by atoms with Gasteiger partial charge in [-0.15, -0.1) is 11.8 Å². The van der Waals surface area contributed by atoms with Crippen molar-refractivity contribution in [2.24, 2.45) is 5.73 Å². The molecule has 0 fully saturated rings. The van der Waals surface area contributed by atoms with Gasteiger partial charge in [0.2, 0.25) is 0 Å². The van der Waals surface area contributed by atoms with Crippen LogP contribution in [0.25, 0.3) is 0 Å². The van der Waals surface area contributed by atoms with Gasteiger partial charge in [-0.05, 0) is 24.6 Å². The van der Waals surface area contributed by atoms with E-state index in [0.29, 0.717) is 25.1 Å². The molecule has 0 aliphatic carbocycles. The maximum atomic E-state index is 13.1. The summed E-state index contributed by atoms with van der Waals surface area (Å²) in [5, 5.41) is 3.15. The summed E-state index contributed by atoms with van der Waals surface area (Å²) in [7, 11) is 0. The average molecular weight is 238 g/mol. The number of nitrogens with two attached hydrogens (primary N) is 1. The van der Waals surface area contributed by atoms with Crippen LogP contribution in [0.2, 0.25) is 0 Å². The number of benzene rings is 1. The zero-order valence-corrected chi connectivity index (χ0v) is 9.76. The van der Waals surface area contributed by atoms with E-state index in [9.17, 15) is 8.78 Å². The number of rotatable bonds is 5. The topological polar surface area (TPSA) is 38.0 Å². The maximum absolute atomic E-state index is 13.1. The van der Waals surface area contributed by atoms with Crippen molar-refractivity contribution in [3.8, 4) is 11.8 Å². The summed E-state index contributed by atoms with van der Waals surface area (Å²) >= 11 is 0. The van der Waals surface area contributed by atoms with E-state index in [1.807, 2.05) is 0 Å². The molecule has 1 rings (SSSR count). The van der Waals surface area contributed by atoms with Gasteiger partial charge in [-0.25, -0.2) is 8.78 Å². The van der Waals surface area contributed by atoms with E-state index < -0.39 is 11.6 Å². The van der Waals surface area contributed by atoms with E-state index in [-0.39, 0.29) is 6.04 Å². The molecule has 0 radical (unpaired) electrons. The molecular formula is C13H16F2N2. The normalized spacial score (nSPS) is 11.8. The molecule has 0 aromatic heterocycles. The summed E-state index contributed by atoms with van der Waals surface area (Å²) in [5.41, 5.74) is 6.24. The van der Waals surface area contributed by atoms with Crippen LogP contribution in [0.4, 0.5) is 8.78 Å². The highest BCUT2D eigenvalue weighted by atomic mass is 19.2. The minimum Gasteiger partial charge on any atom is -0.329 e. The van der Waals surface area contributed by atoms with E-state index in [2.05, 4.69) is 17.2 Å². The number of nitrogens with one attached hydrogen (secondary N) is 1. The van der Waals surface area contributed by atoms with E-state index >= 15 is 0 Å². The molecule has 0 aliphatic heterocycles. The molecule has 1 aromatic carbocycles. The highest BCUT2D eigenvalue weighted by molar-refractivity contribution is 5.21. The van der Waals surface area contributed by atoms with Crippen LogP contribution in [0.15, 0.2) is 18.2 Å². The van der Waals surface area contributed by atoms with Crippen LogP contribution in [0.5, 0.6) is 0 Å². The van der Waals surface area contributed by atoms with Crippen LogP contribution in [-0.2, 0) is 0 Å². The molecule has 4 heteroatoms. The SMILES string of the molecule is CC#CCCNC(CN)c1ccc(F)c(F)c1. The van der Waals surface area contributed by atoms with Gasteiger partial charge < -0.3 is 11.1 Å². The summed E-state index contributed by atoms with van der Waals surface area (Å²) in [6, 6.07) is 3.64. The van der Waals surface area contributed by atoms with E-state index in [0.717, 1.165) is 6.07 Å². The van der Waals surface area contributed by atoms with Crippen molar-refractivity contribution >= 4 is 0 Å². The zero-order valence-electron chi connectivity index (χ0n) is 9.76. The van der Waals surface area contributed by atoms with E-state index in [1.54, 1.807) is 6.92 Å². The first-order valence-corrected chi connectivity index (χ1v) is 5.47. The van der Waals surface area contributed by atoms with Gasteiger partial charge in [0.1, 0.15) is 0 Å². The molecule has 0 spiro atoms. The first kappa shape index (κ1) is 13.6. The molecule has 0 bridgehead atoms. The first-order chi connectivity index (χ1) is 8.19. The summed E-state index contributed by atoms with van der Waals surface area (Å²) in [6.45, 7) is 2.77. The monoisotopic (exact) mass is 238 g/mol. The molecule has 1 atom stereocenters. The Morgan fingerprint density at radius 2 is 2.12 bits per heavy atom. The Morgan fingerprint density at radius 3 is 2.71 bits per heavy atom. The Bertz CT molecular complexity index is 421. The Labute approximate surface area is 100 Å². The van der Waals surface area contributed by atoms with Gasteiger partial charge >= 0.3 is 0 Å². The quantitative estimate of drug-likeness (QED) is 0.608. The third-order valence-corrected chi connectivity index (χ3v) is 2.40. The van der Waals surface area contributed by atoms with Crippen LogP contribution >= 0.6 is 0 Å². The highest BCUT2D eigenvalue weighted by Crippen LogP contribution is 2.15. The minimum absolute atomic E-state index is 0.177. The largest absolute Gasteiger partial charge is 0.329 e. The summed E-state index contributed by atoms with van der Waals surface area (Å²) in [4.78, 5) is 0. The second-order valence-corrected chi connectivity index (χ2v) is 3.59. The smallest absolute Gasteiger partial charge is 0.159 e. The Hall–Kier alpha value is -1.44. The predicted molar refractivity (Wildman–Crippen MR) is 64.2 cm³/mol. The molecule has 3 N–H and O–H groups in total. The van der Waals surface area contributed by atoms with Crippen molar-refractivity contribution in [3.05, 3.63) is 35.4 Å². The summed E-state index contributed by atoms with van der Waals surface area (Å²) in [6.07, 6.45) is 0.705. The van der Waals surface area contributed by atoms with Crippen molar-refractivity contribution < 1.29 is 8.78 Å². The molecule has 0 heterocycles. The van der Waals surface area contributed by atoms with Crippen LogP contribution < -0.4 is 11.1 Å². The Kier molecular flexibility index (Phi) is 5.61. The highest BCUT2D eigenvalue weighted by Gasteiger charge is 2.11. The molecule has 0 saturated heterocycles. The van der Waals surface area contributed by atoms with Crippen LogP contribution in [0.1, 0.15) is 24.9 Å². The fourth-order valence-corrected chi connectivity index (χ4v) is 1.50. The maximum Gasteiger partial charge on any atom is 0.159 e. The lowest BCUT2D eigenvalue weighted by molar-refractivity contribution is 0.497. The van der Waals surface area contributed by atoms with Gasteiger partial charge in [-0.1, -0.05) is 6.07 Å². The Balaban J connectivity index is 2.64. The van der Waals surface area contributed by atoms with Crippen LogP contribution in [0.3, 0.4) is 0 Å². The third-order valence-electron chi connectivity index (χ3n) is 2.40. The molecule has 0 amide bonds. The van der Waals surface area contributed by atoms with Crippen LogP contribution in [-0.4, -0.2) is 13.1 Å². The lowest BCUT2D eigenvalue weighted by Gasteiger charge is -2.16. The minimum atomic E-state index is -0.851. The second kappa shape index (κ2) is 7.00. The predicted octanol–water partition coefficient (Wildman–Crippen LogP) is 1.97. The number of halogens is 2. The fraction of sp³-hybridized carbons (Fsp3) is 0.385. The lowest BCUT2D eigenvalue weighted by Crippen LogP contribution is -2.29. The van der Waals surface area contributed by atoms with Crippen molar-refractivity contribution in [1.29, 1.82) is 0 Å². The van der Waals surface area contributed by atoms with Crippen molar-refractivity contribution in [2.75, 3.05) is 13.1 Å². The van der Waals surface area contributed by atoms with Gasteiger partial charge in [0.15, 0.2) is 11.6 Å². The zero-order chi connectivity index (χ0) is 12.7. The lowest BCUT2D eigenvalue weighted by atomic mass is 10.1. The van der Waals surface area contributed by atoms with Gasteiger partial charge in [-0.2, -0.15) is 0 Å². The average Bonchev–Trinajstić information content (AvgIpc) is 2.33. The van der Waals surface area contributed by atoms with Crippen LogP contribution in [0, 0.1) is 23.5 Å². The molecule has 0 saturated carbocycles. The molecule has 17 heavy (non-hydrogen) atoms.